The zero-order valence-corrected chi connectivity index (χ0v) is 9.49. The third-order valence-electron chi connectivity index (χ3n) is 1.05. The second kappa shape index (κ2) is 14.9. The molecule has 0 fully saturated rings. The first-order chi connectivity index (χ1) is 7.31. The van der Waals surface area contributed by atoms with E-state index in [1.54, 1.807) is 18.7 Å². The minimum absolute atomic E-state index is 0.0200. The van der Waals surface area contributed by atoms with E-state index in [0.717, 1.165) is 0 Å². The maximum absolute atomic E-state index is 10.3. The van der Waals surface area contributed by atoms with Gasteiger partial charge in [0, 0.05) is 18.9 Å². The highest BCUT2D eigenvalue weighted by atomic mass is 16.2. The summed E-state index contributed by atoms with van der Waals surface area (Å²) < 4.78 is 0. The number of carbonyl (C=O) groups excluding carboxylic acids is 2. The lowest BCUT2D eigenvalue weighted by atomic mass is 10.4. The average molecular weight is 213 g/mol. The Morgan fingerprint density at radius 1 is 1.53 bits per heavy atom. The van der Waals surface area contributed by atoms with Gasteiger partial charge in [0.15, 0.2) is 0 Å². The molecule has 5 heteroatoms. The van der Waals surface area contributed by atoms with Crippen LogP contribution in [0.15, 0.2) is 18.7 Å². The predicted octanol–water partition coefficient (Wildman–Crippen LogP) is 1.15. The van der Waals surface area contributed by atoms with Crippen LogP contribution in [-0.4, -0.2) is 28.7 Å². The van der Waals surface area contributed by atoms with Gasteiger partial charge in [0.25, 0.3) is 0 Å². The van der Waals surface area contributed by atoms with E-state index >= 15 is 0 Å². The van der Waals surface area contributed by atoms with Crippen molar-refractivity contribution in [1.29, 1.82) is 0 Å². The van der Waals surface area contributed by atoms with E-state index in [4.69, 9.17) is 0 Å². The third kappa shape index (κ3) is 15.1. The number of imidazole rings is 1. The Morgan fingerprint density at radius 3 is 2.47 bits per heavy atom. The summed E-state index contributed by atoms with van der Waals surface area (Å²) in [4.78, 5) is 26.3. The maximum atomic E-state index is 10.3. The average Bonchev–Trinajstić information content (AvgIpc) is 2.80. The molecule has 0 aliphatic rings. The quantitative estimate of drug-likeness (QED) is 0.584. The minimum atomic E-state index is -0.206. The van der Waals surface area contributed by atoms with Gasteiger partial charge in [-0.15, -0.1) is 0 Å². The highest BCUT2D eigenvalue weighted by Gasteiger charge is 1.93. The van der Waals surface area contributed by atoms with Crippen molar-refractivity contribution in [3.8, 4) is 0 Å². The molecule has 1 rings (SSSR count). The summed E-state index contributed by atoms with van der Waals surface area (Å²) in [6.45, 7) is 6.40. The first-order valence-electron chi connectivity index (χ1n) is 4.94. The number of hydrogen-bond donors (Lipinski definition) is 2. The molecule has 0 unspecified atom stereocenters. The van der Waals surface area contributed by atoms with E-state index in [1.807, 2.05) is 20.8 Å². The van der Waals surface area contributed by atoms with Crippen molar-refractivity contribution < 1.29 is 9.59 Å². The molecule has 5 nitrogen and oxygen atoms in total. The van der Waals surface area contributed by atoms with Crippen LogP contribution in [0.5, 0.6) is 0 Å². The first-order valence-corrected chi connectivity index (χ1v) is 4.94. The van der Waals surface area contributed by atoms with Gasteiger partial charge >= 0.3 is 0 Å². The summed E-state index contributed by atoms with van der Waals surface area (Å²) in [7, 11) is 0. The zero-order valence-electron chi connectivity index (χ0n) is 9.49. The molecule has 15 heavy (non-hydrogen) atoms. The lowest BCUT2D eigenvalue weighted by Crippen LogP contribution is -2.22. The summed E-state index contributed by atoms with van der Waals surface area (Å²) in [6, 6.07) is 0. The van der Waals surface area contributed by atoms with Gasteiger partial charge in [-0.3, -0.25) is 4.79 Å². The molecular weight excluding hydrogens is 194 g/mol. The van der Waals surface area contributed by atoms with Crippen molar-refractivity contribution >= 4 is 12.2 Å². The lowest BCUT2D eigenvalue weighted by Gasteiger charge is -1.93. The van der Waals surface area contributed by atoms with E-state index in [0.29, 0.717) is 12.8 Å². The molecule has 0 aliphatic heterocycles. The monoisotopic (exact) mass is 213 g/mol. The minimum Gasteiger partial charge on any atom is -0.356 e. The summed E-state index contributed by atoms with van der Waals surface area (Å²) in [5.74, 6) is -0.206. The fourth-order valence-corrected chi connectivity index (χ4v) is 0.560. The van der Waals surface area contributed by atoms with Gasteiger partial charge in [0.1, 0.15) is 6.29 Å². The van der Waals surface area contributed by atoms with E-state index in [9.17, 15) is 9.59 Å². The Hall–Kier alpha value is -1.65. The largest absolute Gasteiger partial charge is 0.356 e. The Labute approximate surface area is 90.3 Å². The van der Waals surface area contributed by atoms with Crippen molar-refractivity contribution in [3.63, 3.8) is 0 Å². The number of rotatable bonds is 3. The Morgan fingerprint density at radius 2 is 2.20 bits per heavy atom. The number of carbonyl (C=O) groups is 2. The van der Waals surface area contributed by atoms with Crippen LogP contribution in [-0.2, 0) is 9.59 Å². The SMILES string of the molecule is CC.CCNC(=O)CC=O.c1c[nH]cn1. The second-order valence-corrected chi connectivity index (χ2v) is 2.08. The second-order valence-electron chi connectivity index (χ2n) is 2.08. The highest BCUT2D eigenvalue weighted by molar-refractivity contribution is 5.87. The van der Waals surface area contributed by atoms with Crippen LogP contribution in [0.2, 0.25) is 0 Å². The summed E-state index contributed by atoms with van der Waals surface area (Å²) in [5, 5.41) is 2.48. The van der Waals surface area contributed by atoms with Gasteiger partial charge in [-0.05, 0) is 6.92 Å². The fourth-order valence-electron chi connectivity index (χ4n) is 0.560. The number of aromatic amines is 1. The maximum Gasteiger partial charge on any atom is 0.227 e. The van der Waals surface area contributed by atoms with Crippen LogP contribution in [0, 0.1) is 0 Å². The number of amides is 1. The number of nitrogens with zero attached hydrogens (tertiary/aromatic N) is 1. The molecule has 0 aromatic carbocycles. The summed E-state index contributed by atoms with van der Waals surface area (Å²) in [5.41, 5.74) is 0. The molecule has 1 aromatic rings. The van der Waals surface area contributed by atoms with Crippen molar-refractivity contribution in [3.05, 3.63) is 18.7 Å². The molecule has 1 amide bonds. The Kier molecular flexibility index (Phi) is 15.6. The smallest absolute Gasteiger partial charge is 0.227 e. The van der Waals surface area contributed by atoms with Crippen molar-refractivity contribution in [2.75, 3.05) is 6.54 Å². The van der Waals surface area contributed by atoms with E-state index < -0.39 is 0 Å². The molecule has 0 spiro atoms. The van der Waals surface area contributed by atoms with Gasteiger partial charge in [0.05, 0.1) is 12.7 Å². The van der Waals surface area contributed by atoms with Gasteiger partial charge in [-0.25, -0.2) is 4.98 Å². The fraction of sp³-hybridized carbons (Fsp3) is 0.500. The Balaban J connectivity index is 0. The summed E-state index contributed by atoms with van der Waals surface area (Å²) >= 11 is 0. The molecule has 0 radical (unpaired) electrons. The lowest BCUT2D eigenvalue weighted by molar-refractivity contribution is -0.123. The van der Waals surface area contributed by atoms with Crippen LogP contribution in [0.25, 0.3) is 0 Å². The van der Waals surface area contributed by atoms with Gasteiger partial charge in [-0.2, -0.15) is 0 Å². The van der Waals surface area contributed by atoms with E-state index in [-0.39, 0.29) is 12.3 Å². The zero-order chi connectivity index (χ0) is 11.9. The van der Waals surface area contributed by atoms with Gasteiger partial charge in [0.2, 0.25) is 5.91 Å². The number of H-pyrrole nitrogens is 1. The molecule has 0 saturated carbocycles. The van der Waals surface area contributed by atoms with Crippen LogP contribution in [0.3, 0.4) is 0 Å². The number of aromatic nitrogens is 2. The topological polar surface area (TPSA) is 74.8 Å². The van der Waals surface area contributed by atoms with E-state index in [1.165, 1.54) is 0 Å². The molecule has 0 saturated heterocycles. The molecule has 86 valence electrons. The molecule has 2 N–H and O–H groups in total. The molecule has 0 bridgehead atoms. The number of aldehydes is 1. The molecule has 0 aliphatic carbocycles. The molecule has 0 atom stereocenters. The number of nitrogens with one attached hydrogen (secondary N) is 2. The third-order valence-corrected chi connectivity index (χ3v) is 1.05. The standard InChI is InChI=1S/C5H9NO2.C3H4N2.C2H6/c1-2-6-5(8)3-4-7;1-2-5-3-4-1;1-2/h4H,2-3H2,1H3,(H,6,8);1-3H,(H,4,5);1-2H3. The van der Waals surface area contributed by atoms with Crippen molar-refractivity contribution in [2.24, 2.45) is 0 Å². The van der Waals surface area contributed by atoms with Crippen molar-refractivity contribution in [2.45, 2.75) is 27.2 Å². The predicted molar refractivity (Wildman–Crippen MR) is 59.3 cm³/mol. The van der Waals surface area contributed by atoms with Crippen LogP contribution < -0.4 is 5.32 Å². The van der Waals surface area contributed by atoms with Gasteiger partial charge in [-0.1, -0.05) is 13.8 Å². The first kappa shape index (κ1) is 15.8. The normalized spacial score (nSPS) is 7.40. The van der Waals surface area contributed by atoms with Crippen molar-refractivity contribution in [1.82, 2.24) is 15.3 Å². The molecular formula is C10H19N3O2. The van der Waals surface area contributed by atoms with E-state index in [2.05, 4.69) is 15.3 Å². The highest BCUT2D eigenvalue weighted by Crippen LogP contribution is 1.69. The van der Waals surface area contributed by atoms with Crippen LogP contribution in [0.1, 0.15) is 27.2 Å². The Bertz CT molecular complexity index is 205. The molecule has 1 aromatic heterocycles. The summed E-state index contributed by atoms with van der Waals surface area (Å²) in [6.07, 6.45) is 5.65. The van der Waals surface area contributed by atoms with Crippen LogP contribution in [0.4, 0.5) is 0 Å². The van der Waals surface area contributed by atoms with Gasteiger partial charge < -0.3 is 15.1 Å². The molecule has 1 heterocycles. The number of hydrogen-bond acceptors (Lipinski definition) is 3. The van der Waals surface area contributed by atoms with Crippen LogP contribution >= 0.6 is 0 Å².